The highest BCUT2D eigenvalue weighted by molar-refractivity contribution is 7.13. The zero-order valence-electron chi connectivity index (χ0n) is 14.1. The van der Waals surface area contributed by atoms with Crippen LogP contribution >= 0.6 is 34.5 Å². The van der Waals surface area contributed by atoms with Gasteiger partial charge in [0.15, 0.2) is 5.13 Å². The minimum Gasteiger partial charge on any atom is -0.342 e. The first-order valence-corrected chi connectivity index (χ1v) is 10.1. The first kappa shape index (κ1) is 19.1. The van der Waals surface area contributed by atoms with E-state index in [2.05, 4.69) is 10.3 Å². The van der Waals surface area contributed by atoms with Crippen molar-refractivity contribution in [1.82, 2.24) is 9.88 Å². The van der Waals surface area contributed by atoms with E-state index in [4.69, 9.17) is 23.2 Å². The topological polar surface area (TPSA) is 62.3 Å². The number of aromatic nitrogens is 1. The number of nitrogens with zero attached hydrogens (tertiary/aromatic N) is 2. The fraction of sp³-hybridized carbons (Fsp3) is 0.389. The van der Waals surface area contributed by atoms with Crippen molar-refractivity contribution in [1.29, 1.82) is 0 Å². The maximum Gasteiger partial charge on any atom is 0.231 e. The second-order valence-electron chi connectivity index (χ2n) is 6.24. The minimum atomic E-state index is -0.198. The fourth-order valence-corrected chi connectivity index (χ4v) is 4.07. The Morgan fingerprint density at radius 2 is 2.19 bits per heavy atom. The highest BCUT2D eigenvalue weighted by Crippen LogP contribution is 2.24. The van der Waals surface area contributed by atoms with E-state index < -0.39 is 0 Å². The van der Waals surface area contributed by atoms with Gasteiger partial charge in [0, 0.05) is 41.1 Å². The Labute approximate surface area is 166 Å². The lowest BCUT2D eigenvalue weighted by Crippen LogP contribution is -2.43. The van der Waals surface area contributed by atoms with Crippen molar-refractivity contribution < 1.29 is 9.59 Å². The Kier molecular flexibility index (Phi) is 6.51. The number of halogens is 2. The average Bonchev–Trinajstić information content (AvgIpc) is 3.14. The van der Waals surface area contributed by atoms with Crippen LogP contribution in [0.3, 0.4) is 0 Å². The number of amides is 2. The summed E-state index contributed by atoms with van der Waals surface area (Å²) >= 11 is 13.4. The number of hydrogen-bond donors (Lipinski definition) is 1. The van der Waals surface area contributed by atoms with Crippen molar-refractivity contribution >= 4 is 51.5 Å². The highest BCUT2D eigenvalue weighted by atomic mass is 35.5. The predicted octanol–water partition coefficient (Wildman–Crippen LogP) is 4.26. The first-order chi connectivity index (χ1) is 12.5. The summed E-state index contributed by atoms with van der Waals surface area (Å²) in [7, 11) is 0. The van der Waals surface area contributed by atoms with Crippen molar-refractivity contribution in [3.63, 3.8) is 0 Å². The molecule has 1 atom stereocenters. The van der Waals surface area contributed by atoms with Gasteiger partial charge in [-0.15, -0.1) is 11.3 Å². The largest absolute Gasteiger partial charge is 0.342 e. The number of anilines is 1. The van der Waals surface area contributed by atoms with E-state index in [1.54, 1.807) is 23.2 Å². The van der Waals surface area contributed by atoms with Crippen LogP contribution in [0.15, 0.2) is 29.8 Å². The maximum atomic E-state index is 12.5. The van der Waals surface area contributed by atoms with Crippen LogP contribution in [0.1, 0.15) is 24.8 Å². The first-order valence-electron chi connectivity index (χ1n) is 8.45. The summed E-state index contributed by atoms with van der Waals surface area (Å²) < 4.78 is 0. The molecular formula is C18H19Cl2N3O2S. The second kappa shape index (κ2) is 8.84. The quantitative estimate of drug-likeness (QED) is 0.798. The number of piperidine rings is 1. The van der Waals surface area contributed by atoms with Crippen molar-refractivity contribution in [2.24, 2.45) is 5.92 Å². The number of nitrogens with one attached hydrogen (secondary N) is 1. The molecule has 1 unspecified atom stereocenters. The van der Waals surface area contributed by atoms with Crippen molar-refractivity contribution in [3.05, 3.63) is 45.4 Å². The normalized spacial score (nSPS) is 17.2. The van der Waals surface area contributed by atoms with Gasteiger partial charge in [0.2, 0.25) is 11.8 Å². The standard InChI is InChI=1S/C18H19Cl2N3O2S/c19-14-5-3-12(15(20)10-14)4-6-16(24)23-8-1-2-13(11-23)17(25)22-18-21-7-9-26-18/h3,5,7,9-10,13H,1-2,4,6,8,11H2,(H,21,22,25). The zero-order chi connectivity index (χ0) is 18.5. The van der Waals surface area contributed by atoms with Crippen LogP contribution in [0.4, 0.5) is 5.13 Å². The summed E-state index contributed by atoms with van der Waals surface area (Å²) in [5.74, 6) is -0.225. The Hall–Kier alpha value is -1.63. The molecule has 2 amide bonds. The summed E-state index contributed by atoms with van der Waals surface area (Å²) in [6, 6.07) is 5.30. The van der Waals surface area contributed by atoms with Gasteiger partial charge >= 0.3 is 0 Å². The molecule has 1 N–H and O–H groups in total. The molecule has 0 aliphatic carbocycles. The third kappa shape index (κ3) is 4.96. The number of thiazole rings is 1. The Bertz CT molecular complexity index is 783. The number of carbonyl (C=O) groups is 2. The molecule has 138 valence electrons. The molecule has 1 aromatic carbocycles. The molecule has 0 saturated carbocycles. The molecule has 1 aromatic heterocycles. The Morgan fingerprint density at radius 1 is 1.35 bits per heavy atom. The summed E-state index contributed by atoms with van der Waals surface area (Å²) in [6.45, 7) is 1.14. The molecule has 1 fully saturated rings. The Balaban J connectivity index is 1.53. The predicted molar refractivity (Wildman–Crippen MR) is 105 cm³/mol. The lowest BCUT2D eigenvalue weighted by atomic mass is 9.96. The summed E-state index contributed by atoms with van der Waals surface area (Å²) in [4.78, 5) is 30.8. The number of likely N-dealkylation sites (tertiary alicyclic amines) is 1. The van der Waals surface area contributed by atoms with Gasteiger partial charge < -0.3 is 10.2 Å². The average molecular weight is 412 g/mol. The summed E-state index contributed by atoms with van der Waals surface area (Å²) in [5.41, 5.74) is 0.902. The molecule has 1 aliphatic heterocycles. The van der Waals surface area contributed by atoms with Gasteiger partial charge in [0.1, 0.15) is 0 Å². The van der Waals surface area contributed by atoms with Crippen LogP contribution in [-0.4, -0.2) is 34.8 Å². The van der Waals surface area contributed by atoms with Crippen LogP contribution in [-0.2, 0) is 16.0 Å². The molecule has 2 heterocycles. The lowest BCUT2D eigenvalue weighted by molar-refractivity contribution is -0.134. The minimum absolute atomic E-state index is 0.0442. The number of aryl methyl sites for hydroxylation is 1. The molecule has 0 bridgehead atoms. The van der Waals surface area contributed by atoms with Gasteiger partial charge in [-0.25, -0.2) is 4.98 Å². The third-order valence-corrected chi connectivity index (χ3v) is 5.71. The zero-order valence-corrected chi connectivity index (χ0v) is 16.4. The number of carbonyl (C=O) groups excluding carboxylic acids is 2. The molecule has 26 heavy (non-hydrogen) atoms. The Morgan fingerprint density at radius 3 is 2.92 bits per heavy atom. The lowest BCUT2D eigenvalue weighted by Gasteiger charge is -2.32. The highest BCUT2D eigenvalue weighted by Gasteiger charge is 2.28. The van der Waals surface area contributed by atoms with Gasteiger partial charge in [-0.1, -0.05) is 29.3 Å². The van der Waals surface area contributed by atoms with Gasteiger partial charge in [-0.2, -0.15) is 0 Å². The van der Waals surface area contributed by atoms with Crippen LogP contribution in [0.2, 0.25) is 10.0 Å². The van der Waals surface area contributed by atoms with E-state index in [1.807, 2.05) is 11.4 Å². The van der Waals surface area contributed by atoms with E-state index >= 15 is 0 Å². The molecule has 1 aliphatic rings. The summed E-state index contributed by atoms with van der Waals surface area (Å²) in [6.07, 6.45) is 4.18. The molecular weight excluding hydrogens is 393 g/mol. The van der Waals surface area contributed by atoms with E-state index in [1.165, 1.54) is 11.3 Å². The number of rotatable bonds is 5. The van der Waals surface area contributed by atoms with Gasteiger partial charge in [-0.05, 0) is 37.0 Å². The number of benzene rings is 1. The molecule has 5 nitrogen and oxygen atoms in total. The number of hydrogen-bond acceptors (Lipinski definition) is 4. The van der Waals surface area contributed by atoms with Crippen LogP contribution in [0, 0.1) is 5.92 Å². The second-order valence-corrected chi connectivity index (χ2v) is 7.98. The van der Waals surface area contributed by atoms with Crippen molar-refractivity contribution in [2.75, 3.05) is 18.4 Å². The van der Waals surface area contributed by atoms with Crippen LogP contribution in [0.5, 0.6) is 0 Å². The van der Waals surface area contributed by atoms with Crippen molar-refractivity contribution in [3.8, 4) is 0 Å². The monoisotopic (exact) mass is 411 g/mol. The van der Waals surface area contributed by atoms with Crippen LogP contribution < -0.4 is 5.32 Å². The fourth-order valence-electron chi connectivity index (χ4n) is 3.03. The molecule has 0 radical (unpaired) electrons. The van der Waals surface area contributed by atoms with E-state index in [9.17, 15) is 9.59 Å². The van der Waals surface area contributed by atoms with E-state index in [0.29, 0.717) is 41.1 Å². The molecule has 0 spiro atoms. The maximum absolute atomic E-state index is 12.5. The van der Waals surface area contributed by atoms with Gasteiger partial charge in [0.05, 0.1) is 5.92 Å². The third-order valence-electron chi connectivity index (χ3n) is 4.43. The molecule has 1 saturated heterocycles. The van der Waals surface area contributed by atoms with E-state index in [0.717, 1.165) is 18.4 Å². The SMILES string of the molecule is O=C(Nc1nccs1)C1CCCN(C(=O)CCc2ccc(Cl)cc2Cl)C1. The molecule has 2 aromatic rings. The molecule has 3 rings (SSSR count). The van der Waals surface area contributed by atoms with Crippen LogP contribution in [0.25, 0.3) is 0 Å². The van der Waals surface area contributed by atoms with E-state index in [-0.39, 0.29) is 17.7 Å². The smallest absolute Gasteiger partial charge is 0.231 e. The molecule has 8 heteroatoms. The van der Waals surface area contributed by atoms with Gasteiger partial charge in [0.25, 0.3) is 0 Å². The van der Waals surface area contributed by atoms with Gasteiger partial charge in [-0.3, -0.25) is 9.59 Å². The summed E-state index contributed by atoms with van der Waals surface area (Å²) in [5, 5.41) is 6.38. The van der Waals surface area contributed by atoms with Crippen molar-refractivity contribution in [2.45, 2.75) is 25.7 Å².